The summed E-state index contributed by atoms with van der Waals surface area (Å²) < 4.78 is 0. The van der Waals surface area contributed by atoms with E-state index in [9.17, 15) is 0 Å². The first-order valence-corrected chi connectivity index (χ1v) is 9.79. The van der Waals surface area contributed by atoms with E-state index in [-0.39, 0.29) is 15.1 Å². The molecule has 0 heterocycles. The van der Waals surface area contributed by atoms with E-state index in [0.717, 1.165) is 0 Å². The van der Waals surface area contributed by atoms with Gasteiger partial charge >= 0.3 is 0 Å². The van der Waals surface area contributed by atoms with E-state index in [0.29, 0.717) is 0 Å². The lowest BCUT2D eigenvalue weighted by atomic mass is 10.2. The molecule has 0 aromatic heterocycles. The Morgan fingerprint density at radius 2 is 1.00 bits per heavy atom. The van der Waals surface area contributed by atoms with Gasteiger partial charge in [0.05, 0.1) is 0 Å². The predicted molar refractivity (Wildman–Crippen MR) is 84.3 cm³/mol. The Labute approximate surface area is 103 Å². The number of allylic oxidation sites excluding steroid dienone is 4. The van der Waals surface area contributed by atoms with E-state index in [2.05, 4.69) is 52.0 Å². The fourth-order valence-corrected chi connectivity index (χ4v) is 6.62. The average Bonchev–Trinajstić information content (AvgIpc) is 2.34. The van der Waals surface area contributed by atoms with Crippen LogP contribution in [0.2, 0.25) is 0 Å². The number of rotatable bonds is 4. The molecule has 2 heteroatoms. The van der Waals surface area contributed by atoms with E-state index in [1.165, 1.54) is 24.6 Å². The van der Waals surface area contributed by atoms with Crippen LogP contribution in [0.15, 0.2) is 24.3 Å². The van der Waals surface area contributed by atoms with Crippen molar-refractivity contribution in [3.8, 4) is 0 Å². The fraction of sp³-hybridized carbons (Fsp3) is 0.571. The lowest BCUT2D eigenvalue weighted by molar-refractivity contribution is 1.43. The van der Waals surface area contributed by atoms with Crippen molar-refractivity contribution >= 4 is 25.7 Å². The van der Waals surface area contributed by atoms with Gasteiger partial charge in [0.2, 0.25) is 0 Å². The highest BCUT2D eigenvalue weighted by molar-refractivity contribution is 7.69. The molecule has 0 amide bonds. The lowest BCUT2D eigenvalue weighted by Gasteiger charge is -2.02. The van der Waals surface area contributed by atoms with Crippen LogP contribution >= 0.6 is 15.1 Å². The van der Waals surface area contributed by atoms with Crippen LogP contribution in [0, 0.1) is 0 Å². The first kappa shape index (κ1) is 13.9. The molecule has 16 heavy (non-hydrogen) atoms. The van der Waals surface area contributed by atoms with Gasteiger partial charge in [-0.2, -0.15) is 0 Å². The summed E-state index contributed by atoms with van der Waals surface area (Å²) in [6.07, 6.45) is 14.5. The molecular weight excluding hydrogens is 230 g/mol. The molecular formula is C14H24P2+2. The zero-order chi connectivity index (χ0) is 12.0. The van der Waals surface area contributed by atoms with Gasteiger partial charge in [0.25, 0.3) is 0 Å². The van der Waals surface area contributed by atoms with Gasteiger partial charge in [-0.1, -0.05) is 12.2 Å². The monoisotopic (exact) mass is 254 g/mol. The molecule has 0 unspecified atom stereocenters. The summed E-state index contributed by atoms with van der Waals surface area (Å²) in [6, 6.07) is 0. The summed E-state index contributed by atoms with van der Waals surface area (Å²) in [5.41, 5.74) is 0. The standard InChI is InChI=1S/C14H24P2/c1-5-15(6-2)13-11-9-10-12-14(13)16(7-3)8-4/h9-12H,5-8H2,1-4H3/q+2. The highest BCUT2D eigenvalue weighted by atomic mass is 31.1. The molecule has 0 fully saturated rings. The fourth-order valence-electron chi connectivity index (χ4n) is 2.13. The third kappa shape index (κ3) is 3.16. The normalized spacial score (nSPS) is 14.5. The molecule has 1 aliphatic rings. The van der Waals surface area contributed by atoms with Crippen molar-refractivity contribution in [3.05, 3.63) is 24.3 Å². The Morgan fingerprint density at radius 1 is 0.688 bits per heavy atom. The SMILES string of the molecule is CC[P+](CC)=C1C=CC=CC1=[P+](CC)CC. The maximum atomic E-state index is 2.38. The van der Waals surface area contributed by atoms with Crippen LogP contribution in [-0.4, -0.2) is 35.2 Å². The maximum absolute atomic E-state index is 2.38. The smallest absolute Gasteiger partial charge is 0.0576 e. The molecule has 0 saturated heterocycles. The van der Waals surface area contributed by atoms with Crippen molar-refractivity contribution in [2.45, 2.75) is 27.7 Å². The Kier molecular flexibility index (Phi) is 6.25. The number of hydrogen-bond donors (Lipinski definition) is 0. The number of hydrogen-bond acceptors (Lipinski definition) is 0. The Morgan fingerprint density at radius 3 is 1.25 bits per heavy atom. The molecule has 0 aromatic rings. The first-order chi connectivity index (χ1) is 7.78. The summed E-state index contributed by atoms with van der Waals surface area (Å²) in [5, 5.41) is 3.38. The zero-order valence-corrected chi connectivity index (χ0v) is 12.8. The molecule has 0 radical (unpaired) electrons. The summed E-state index contributed by atoms with van der Waals surface area (Å²) >= 11 is 0. The van der Waals surface area contributed by atoms with Gasteiger partial charge in [-0.3, -0.25) is 0 Å². The second-order valence-electron chi connectivity index (χ2n) is 3.83. The van der Waals surface area contributed by atoms with Gasteiger partial charge < -0.3 is 0 Å². The van der Waals surface area contributed by atoms with Gasteiger partial charge in [-0.25, -0.2) is 0 Å². The van der Waals surface area contributed by atoms with Gasteiger partial charge in [0.15, 0.2) is 10.6 Å². The molecule has 0 bridgehead atoms. The van der Waals surface area contributed by atoms with Crippen LogP contribution in [0.3, 0.4) is 0 Å². The van der Waals surface area contributed by atoms with Crippen LogP contribution in [-0.2, 0) is 0 Å². The van der Waals surface area contributed by atoms with E-state index >= 15 is 0 Å². The minimum atomic E-state index is 0.100. The van der Waals surface area contributed by atoms with Gasteiger partial charge in [0.1, 0.15) is 39.7 Å². The van der Waals surface area contributed by atoms with E-state index in [1.54, 1.807) is 10.6 Å². The van der Waals surface area contributed by atoms with Gasteiger partial charge in [0, 0.05) is 0 Å². The van der Waals surface area contributed by atoms with Crippen LogP contribution in [0.4, 0.5) is 0 Å². The highest BCUT2D eigenvalue weighted by Crippen LogP contribution is 2.33. The van der Waals surface area contributed by atoms with Crippen LogP contribution in [0.25, 0.3) is 0 Å². The highest BCUT2D eigenvalue weighted by Gasteiger charge is 2.25. The van der Waals surface area contributed by atoms with Crippen molar-refractivity contribution in [2.75, 3.05) is 24.6 Å². The quantitative estimate of drug-likeness (QED) is 0.648. The van der Waals surface area contributed by atoms with Crippen molar-refractivity contribution in [1.29, 1.82) is 0 Å². The third-order valence-electron chi connectivity index (χ3n) is 3.09. The largest absolute Gasteiger partial charge is 0.192 e. The van der Waals surface area contributed by atoms with Crippen LogP contribution in [0.1, 0.15) is 27.7 Å². The van der Waals surface area contributed by atoms with Crippen molar-refractivity contribution in [3.63, 3.8) is 0 Å². The Hall–Kier alpha value is -0.180. The van der Waals surface area contributed by atoms with Gasteiger partial charge in [-0.05, 0) is 39.8 Å². The van der Waals surface area contributed by atoms with Crippen molar-refractivity contribution in [1.82, 2.24) is 0 Å². The molecule has 0 nitrogen and oxygen atoms in total. The first-order valence-electron chi connectivity index (χ1n) is 6.37. The minimum Gasteiger partial charge on any atom is -0.0576 e. The summed E-state index contributed by atoms with van der Waals surface area (Å²) in [7, 11) is 0.200. The molecule has 0 N–H and O–H groups in total. The Balaban J connectivity index is 3.26. The van der Waals surface area contributed by atoms with E-state index < -0.39 is 0 Å². The van der Waals surface area contributed by atoms with Crippen molar-refractivity contribution in [2.24, 2.45) is 0 Å². The van der Waals surface area contributed by atoms with E-state index in [1.807, 2.05) is 0 Å². The topological polar surface area (TPSA) is 0 Å². The second kappa shape index (κ2) is 7.21. The second-order valence-corrected chi connectivity index (χ2v) is 9.49. The van der Waals surface area contributed by atoms with Crippen molar-refractivity contribution < 1.29 is 0 Å². The Bertz CT molecular complexity index is 309. The van der Waals surface area contributed by atoms with Crippen LogP contribution in [0.5, 0.6) is 0 Å². The molecule has 0 saturated carbocycles. The summed E-state index contributed by atoms with van der Waals surface area (Å²) in [6.45, 7) is 9.36. The minimum absolute atomic E-state index is 0.100. The molecule has 88 valence electrons. The summed E-state index contributed by atoms with van der Waals surface area (Å²) in [5.74, 6) is 0. The molecule has 1 aliphatic carbocycles. The molecule has 1 rings (SSSR count). The summed E-state index contributed by atoms with van der Waals surface area (Å²) in [4.78, 5) is 0. The van der Waals surface area contributed by atoms with E-state index in [4.69, 9.17) is 0 Å². The van der Waals surface area contributed by atoms with Gasteiger partial charge in [-0.15, -0.1) is 0 Å². The molecule has 0 aromatic carbocycles. The average molecular weight is 254 g/mol. The third-order valence-corrected chi connectivity index (χ3v) is 8.46. The van der Waals surface area contributed by atoms with Crippen LogP contribution < -0.4 is 0 Å². The molecule has 0 spiro atoms. The zero-order valence-electron chi connectivity index (χ0n) is 11.0. The molecule has 0 aliphatic heterocycles. The molecule has 0 atom stereocenters. The lowest BCUT2D eigenvalue weighted by Crippen LogP contribution is -2.12. The predicted octanol–water partition coefficient (Wildman–Crippen LogP) is 4.50. The maximum Gasteiger partial charge on any atom is 0.192 e.